The molecule has 0 bridgehead atoms. The van der Waals surface area contributed by atoms with E-state index in [0.29, 0.717) is 0 Å². The van der Waals surface area contributed by atoms with Crippen molar-refractivity contribution in [3.05, 3.63) is 34.1 Å². The second-order valence-electron chi connectivity index (χ2n) is 4.15. The Morgan fingerprint density at radius 1 is 1.50 bits per heavy atom. The van der Waals surface area contributed by atoms with Crippen molar-refractivity contribution in [2.45, 2.75) is 6.04 Å². The first-order valence-corrected chi connectivity index (χ1v) is 5.72. The molecule has 9 heteroatoms. The van der Waals surface area contributed by atoms with Gasteiger partial charge >= 0.3 is 0 Å². The van der Waals surface area contributed by atoms with Crippen molar-refractivity contribution >= 4 is 23.2 Å². The number of non-ortho nitro benzene ring substituents is 1. The van der Waals surface area contributed by atoms with Crippen LogP contribution in [0.15, 0.2) is 18.2 Å². The maximum absolute atomic E-state index is 13.6. The monoisotopic (exact) mass is 282 g/mol. The molecule has 3 N–H and O–H groups in total. The van der Waals surface area contributed by atoms with E-state index in [1.165, 1.54) is 0 Å². The van der Waals surface area contributed by atoms with Gasteiger partial charge in [0.2, 0.25) is 11.8 Å². The van der Waals surface area contributed by atoms with E-state index in [4.69, 9.17) is 0 Å². The Hall–Kier alpha value is -2.55. The highest BCUT2D eigenvalue weighted by Gasteiger charge is 2.24. The van der Waals surface area contributed by atoms with E-state index in [2.05, 4.69) is 16.0 Å². The zero-order valence-electron chi connectivity index (χ0n) is 10.2. The highest BCUT2D eigenvalue weighted by Crippen LogP contribution is 2.20. The number of rotatable bonds is 3. The Balaban J connectivity index is 2.04. The summed E-state index contributed by atoms with van der Waals surface area (Å²) in [5, 5.41) is 18.0. The predicted molar refractivity (Wildman–Crippen MR) is 66.5 cm³/mol. The number of hydrogen-bond acceptors (Lipinski definition) is 5. The molecule has 1 heterocycles. The summed E-state index contributed by atoms with van der Waals surface area (Å²) in [6.45, 7) is 0.0973. The number of nitro benzene ring substituents is 1. The Kier molecular flexibility index (Phi) is 3.89. The van der Waals surface area contributed by atoms with Crippen molar-refractivity contribution in [3.63, 3.8) is 0 Å². The molecule has 1 aromatic rings. The molecule has 1 atom stereocenters. The van der Waals surface area contributed by atoms with E-state index >= 15 is 0 Å². The van der Waals surface area contributed by atoms with Crippen LogP contribution < -0.4 is 16.0 Å². The largest absolute Gasteiger partial charge is 0.353 e. The fraction of sp³-hybridized carbons (Fsp3) is 0.273. The van der Waals surface area contributed by atoms with Gasteiger partial charge in [0.1, 0.15) is 6.04 Å². The molecule has 1 fully saturated rings. The van der Waals surface area contributed by atoms with Crippen LogP contribution in [0.5, 0.6) is 0 Å². The number of nitrogens with zero attached hydrogens (tertiary/aromatic N) is 1. The van der Waals surface area contributed by atoms with Crippen molar-refractivity contribution in [2.24, 2.45) is 0 Å². The standard InChI is InChI=1S/C11H11FN4O4/c12-7-3-6(16(19)20)1-2-8(7)15-11(18)9-4-14-10(17)5-13-9/h1-3,9,13H,4-5H2,(H,14,17)(H,15,18). The summed E-state index contributed by atoms with van der Waals surface area (Å²) in [6.07, 6.45) is 0. The number of carbonyl (C=O) groups is 2. The van der Waals surface area contributed by atoms with E-state index in [1.54, 1.807) is 0 Å². The van der Waals surface area contributed by atoms with E-state index < -0.39 is 28.4 Å². The summed E-state index contributed by atoms with van der Waals surface area (Å²) in [5.41, 5.74) is -0.553. The number of hydrogen-bond donors (Lipinski definition) is 3. The van der Waals surface area contributed by atoms with Gasteiger partial charge in [0, 0.05) is 12.6 Å². The summed E-state index contributed by atoms with van der Waals surface area (Å²) < 4.78 is 13.6. The van der Waals surface area contributed by atoms with Crippen LogP contribution in [0.4, 0.5) is 15.8 Å². The molecule has 0 spiro atoms. The SMILES string of the molecule is O=C1CNC(C(=O)Nc2ccc([N+](=O)[O-])cc2F)CN1. The third kappa shape index (κ3) is 3.06. The maximum Gasteiger partial charge on any atom is 0.272 e. The van der Waals surface area contributed by atoms with Gasteiger partial charge in [-0.3, -0.25) is 25.0 Å². The number of piperazine rings is 1. The quantitative estimate of drug-likeness (QED) is 0.523. The van der Waals surface area contributed by atoms with Crippen molar-refractivity contribution in [1.82, 2.24) is 10.6 Å². The van der Waals surface area contributed by atoms with Crippen LogP contribution >= 0.6 is 0 Å². The third-order valence-corrected chi connectivity index (χ3v) is 2.75. The summed E-state index contributed by atoms with van der Waals surface area (Å²) in [7, 11) is 0. The lowest BCUT2D eigenvalue weighted by Gasteiger charge is -2.23. The van der Waals surface area contributed by atoms with Crippen LogP contribution in [-0.2, 0) is 9.59 Å². The van der Waals surface area contributed by atoms with Gasteiger partial charge in [-0.1, -0.05) is 0 Å². The van der Waals surface area contributed by atoms with Crippen LogP contribution in [0.1, 0.15) is 0 Å². The predicted octanol–water partition coefficient (Wildman–Crippen LogP) is -0.240. The molecule has 2 amide bonds. The topological polar surface area (TPSA) is 113 Å². The molecule has 1 unspecified atom stereocenters. The van der Waals surface area contributed by atoms with Crippen molar-refractivity contribution in [2.75, 3.05) is 18.4 Å². The average Bonchev–Trinajstić information content (AvgIpc) is 2.41. The third-order valence-electron chi connectivity index (χ3n) is 2.75. The van der Waals surface area contributed by atoms with Gasteiger partial charge in [-0.05, 0) is 6.07 Å². The zero-order chi connectivity index (χ0) is 14.7. The number of halogens is 1. The minimum absolute atomic E-state index is 0.000824. The molecule has 0 aromatic heterocycles. The van der Waals surface area contributed by atoms with Gasteiger partial charge in [-0.15, -0.1) is 0 Å². The number of anilines is 1. The Labute approximate surface area is 112 Å². The van der Waals surface area contributed by atoms with Crippen LogP contribution in [0, 0.1) is 15.9 Å². The molecule has 0 radical (unpaired) electrons. The molecule has 0 saturated carbocycles. The highest BCUT2D eigenvalue weighted by molar-refractivity contribution is 5.96. The molecule has 1 aliphatic rings. The van der Waals surface area contributed by atoms with Crippen LogP contribution in [0.2, 0.25) is 0 Å². The molecular formula is C11H11FN4O4. The lowest BCUT2D eigenvalue weighted by Crippen LogP contribution is -2.56. The minimum Gasteiger partial charge on any atom is -0.353 e. The summed E-state index contributed by atoms with van der Waals surface area (Å²) in [6, 6.07) is 2.26. The van der Waals surface area contributed by atoms with Crippen LogP contribution in [0.25, 0.3) is 0 Å². The molecule has 1 saturated heterocycles. The van der Waals surface area contributed by atoms with E-state index in [-0.39, 0.29) is 24.7 Å². The second-order valence-corrected chi connectivity index (χ2v) is 4.15. The Morgan fingerprint density at radius 3 is 2.80 bits per heavy atom. The van der Waals surface area contributed by atoms with Gasteiger partial charge in [0.05, 0.1) is 23.2 Å². The minimum atomic E-state index is -0.896. The van der Waals surface area contributed by atoms with E-state index in [0.717, 1.165) is 18.2 Å². The van der Waals surface area contributed by atoms with Crippen molar-refractivity contribution in [1.29, 1.82) is 0 Å². The molecule has 106 valence electrons. The highest BCUT2D eigenvalue weighted by atomic mass is 19.1. The van der Waals surface area contributed by atoms with Crippen molar-refractivity contribution in [3.8, 4) is 0 Å². The molecule has 0 aliphatic carbocycles. The summed E-state index contributed by atoms with van der Waals surface area (Å²) in [5.74, 6) is -1.65. The van der Waals surface area contributed by atoms with Gasteiger partial charge in [0.25, 0.3) is 5.69 Å². The zero-order valence-corrected chi connectivity index (χ0v) is 10.2. The number of amides is 2. The number of carbonyl (C=O) groups excluding carboxylic acids is 2. The molecule has 1 aliphatic heterocycles. The summed E-state index contributed by atoms with van der Waals surface area (Å²) >= 11 is 0. The van der Waals surface area contributed by atoms with Crippen molar-refractivity contribution < 1.29 is 18.9 Å². The lowest BCUT2D eigenvalue weighted by atomic mass is 10.2. The average molecular weight is 282 g/mol. The molecule has 20 heavy (non-hydrogen) atoms. The Bertz CT molecular complexity index is 568. The van der Waals surface area contributed by atoms with Gasteiger partial charge in [-0.25, -0.2) is 4.39 Å². The lowest BCUT2D eigenvalue weighted by molar-refractivity contribution is -0.385. The molecule has 2 rings (SSSR count). The number of nitrogens with one attached hydrogen (secondary N) is 3. The fourth-order valence-electron chi connectivity index (χ4n) is 1.69. The molecule has 8 nitrogen and oxygen atoms in total. The first-order valence-electron chi connectivity index (χ1n) is 5.72. The van der Waals surface area contributed by atoms with Gasteiger partial charge < -0.3 is 10.6 Å². The van der Waals surface area contributed by atoms with Crippen LogP contribution in [0.3, 0.4) is 0 Å². The molecule has 1 aromatic carbocycles. The Morgan fingerprint density at radius 2 is 2.25 bits per heavy atom. The molecular weight excluding hydrogens is 271 g/mol. The van der Waals surface area contributed by atoms with Gasteiger partial charge in [0.15, 0.2) is 5.82 Å². The van der Waals surface area contributed by atoms with Crippen LogP contribution in [-0.4, -0.2) is 35.9 Å². The summed E-state index contributed by atoms with van der Waals surface area (Å²) in [4.78, 5) is 32.5. The maximum atomic E-state index is 13.6. The second kappa shape index (κ2) is 5.61. The smallest absolute Gasteiger partial charge is 0.272 e. The first-order chi connectivity index (χ1) is 9.47. The number of nitro groups is 1. The first kappa shape index (κ1) is 13.9. The van der Waals surface area contributed by atoms with Gasteiger partial charge in [-0.2, -0.15) is 0 Å². The van der Waals surface area contributed by atoms with E-state index in [1.807, 2.05) is 0 Å². The normalized spacial score (nSPS) is 18.2. The number of benzene rings is 1. The fourth-order valence-corrected chi connectivity index (χ4v) is 1.69. The van der Waals surface area contributed by atoms with E-state index in [9.17, 15) is 24.1 Å².